The highest BCUT2D eigenvalue weighted by atomic mass is 16.5. The molecule has 18 heavy (non-hydrogen) atoms. The molecular formula is C14H14O4. The fourth-order valence-corrected chi connectivity index (χ4v) is 1.40. The highest BCUT2D eigenvalue weighted by Crippen LogP contribution is 2.20. The number of carboxylic acid groups (broad SMARTS) is 1. The minimum Gasteiger partial charge on any atom is -0.481 e. The molecule has 0 saturated carbocycles. The first kappa shape index (κ1) is 13.7. The summed E-state index contributed by atoms with van der Waals surface area (Å²) in [6.45, 7) is 2.48. The number of fused-ring (bicyclic) bond motifs is 1. The molecule has 2 aromatic carbocycles. The van der Waals surface area contributed by atoms with Crippen LogP contribution in [0, 0.1) is 0 Å². The van der Waals surface area contributed by atoms with Crippen LogP contribution in [-0.2, 0) is 9.59 Å². The summed E-state index contributed by atoms with van der Waals surface area (Å²) in [7, 11) is 0. The Hall–Kier alpha value is -2.36. The second-order valence-electron chi connectivity index (χ2n) is 3.62. The van der Waals surface area contributed by atoms with Gasteiger partial charge in [0, 0.05) is 13.8 Å². The summed E-state index contributed by atoms with van der Waals surface area (Å²) in [4.78, 5) is 19.7. The smallest absolute Gasteiger partial charge is 0.308 e. The van der Waals surface area contributed by atoms with E-state index in [2.05, 4.69) is 0 Å². The number of hydrogen-bond acceptors (Lipinski definition) is 3. The zero-order valence-electron chi connectivity index (χ0n) is 10.2. The molecule has 0 bridgehead atoms. The van der Waals surface area contributed by atoms with Crippen molar-refractivity contribution >= 4 is 22.7 Å². The number of benzene rings is 2. The Morgan fingerprint density at radius 1 is 1.00 bits per heavy atom. The van der Waals surface area contributed by atoms with E-state index in [-0.39, 0.29) is 5.97 Å². The van der Waals surface area contributed by atoms with Crippen molar-refractivity contribution in [3.8, 4) is 5.75 Å². The van der Waals surface area contributed by atoms with Gasteiger partial charge in [-0.1, -0.05) is 30.3 Å². The van der Waals surface area contributed by atoms with Gasteiger partial charge < -0.3 is 9.84 Å². The van der Waals surface area contributed by atoms with Crippen molar-refractivity contribution in [2.24, 2.45) is 0 Å². The Morgan fingerprint density at radius 2 is 1.56 bits per heavy atom. The molecule has 0 aliphatic carbocycles. The number of aliphatic carboxylic acids is 1. The topological polar surface area (TPSA) is 63.6 Å². The first-order valence-corrected chi connectivity index (χ1v) is 5.36. The molecular weight excluding hydrogens is 232 g/mol. The van der Waals surface area contributed by atoms with Crippen LogP contribution in [0.5, 0.6) is 5.75 Å². The fourth-order valence-electron chi connectivity index (χ4n) is 1.40. The van der Waals surface area contributed by atoms with Crippen molar-refractivity contribution in [2.45, 2.75) is 13.8 Å². The molecule has 2 aromatic rings. The fraction of sp³-hybridized carbons (Fsp3) is 0.143. The van der Waals surface area contributed by atoms with Crippen LogP contribution in [0.3, 0.4) is 0 Å². The second kappa shape index (κ2) is 6.39. The van der Waals surface area contributed by atoms with Crippen molar-refractivity contribution in [2.75, 3.05) is 0 Å². The summed E-state index contributed by atoms with van der Waals surface area (Å²) >= 11 is 0. The molecule has 0 amide bonds. The summed E-state index contributed by atoms with van der Waals surface area (Å²) in [6, 6.07) is 13.5. The van der Waals surface area contributed by atoms with E-state index in [1.807, 2.05) is 36.4 Å². The van der Waals surface area contributed by atoms with Crippen molar-refractivity contribution in [1.29, 1.82) is 0 Å². The summed E-state index contributed by atoms with van der Waals surface area (Å²) in [6.07, 6.45) is 0. The van der Waals surface area contributed by atoms with Gasteiger partial charge in [0.25, 0.3) is 5.97 Å². The Kier molecular flexibility index (Phi) is 4.87. The van der Waals surface area contributed by atoms with Crippen molar-refractivity contribution in [3.63, 3.8) is 0 Å². The Balaban J connectivity index is 0.000000357. The van der Waals surface area contributed by atoms with E-state index < -0.39 is 5.97 Å². The molecule has 0 radical (unpaired) electrons. The maximum atomic E-state index is 10.7. The number of esters is 1. The average Bonchev–Trinajstić information content (AvgIpc) is 2.27. The normalized spacial score (nSPS) is 9.22. The highest BCUT2D eigenvalue weighted by molar-refractivity contribution is 5.84. The zero-order valence-corrected chi connectivity index (χ0v) is 10.2. The molecule has 2 rings (SSSR count). The van der Waals surface area contributed by atoms with Crippen LogP contribution < -0.4 is 4.74 Å². The van der Waals surface area contributed by atoms with Gasteiger partial charge in [-0.2, -0.15) is 0 Å². The highest BCUT2D eigenvalue weighted by Gasteiger charge is 1.98. The van der Waals surface area contributed by atoms with Gasteiger partial charge in [-0.05, 0) is 22.9 Å². The second-order valence-corrected chi connectivity index (χ2v) is 3.62. The molecule has 0 fully saturated rings. The van der Waals surface area contributed by atoms with Gasteiger partial charge in [0.1, 0.15) is 5.75 Å². The minimum absolute atomic E-state index is 0.291. The number of ether oxygens (including phenoxy) is 1. The van der Waals surface area contributed by atoms with Crippen LogP contribution in [0.15, 0.2) is 42.5 Å². The van der Waals surface area contributed by atoms with Crippen LogP contribution in [-0.4, -0.2) is 17.0 Å². The van der Waals surface area contributed by atoms with E-state index in [0.29, 0.717) is 5.75 Å². The molecule has 0 saturated heterocycles. The average molecular weight is 246 g/mol. The lowest BCUT2D eigenvalue weighted by molar-refractivity contribution is -0.134. The van der Waals surface area contributed by atoms with Crippen LogP contribution >= 0.6 is 0 Å². The molecule has 0 heterocycles. The van der Waals surface area contributed by atoms with Crippen LogP contribution in [0.1, 0.15) is 13.8 Å². The first-order chi connectivity index (χ1) is 8.49. The Morgan fingerprint density at radius 3 is 2.11 bits per heavy atom. The minimum atomic E-state index is -0.833. The summed E-state index contributed by atoms with van der Waals surface area (Å²) in [5.41, 5.74) is 0. The molecule has 0 aliphatic rings. The van der Waals surface area contributed by atoms with Gasteiger partial charge in [-0.15, -0.1) is 0 Å². The van der Waals surface area contributed by atoms with E-state index in [1.165, 1.54) is 6.92 Å². The SMILES string of the molecule is CC(=O)O.CC(=O)Oc1ccc2ccccc2c1. The molecule has 0 aromatic heterocycles. The molecule has 1 N–H and O–H groups in total. The van der Waals surface area contributed by atoms with Gasteiger partial charge in [0.05, 0.1) is 0 Å². The van der Waals surface area contributed by atoms with Crippen molar-refractivity contribution in [3.05, 3.63) is 42.5 Å². The molecule has 4 heteroatoms. The van der Waals surface area contributed by atoms with E-state index >= 15 is 0 Å². The van der Waals surface area contributed by atoms with Crippen LogP contribution in [0.25, 0.3) is 10.8 Å². The summed E-state index contributed by atoms with van der Waals surface area (Å²) in [5.74, 6) is -0.531. The molecule has 0 spiro atoms. The van der Waals surface area contributed by atoms with Gasteiger partial charge in [-0.3, -0.25) is 9.59 Å². The van der Waals surface area contributed by atoms with Crippen LogP contribution in [0.2, 0.25) is 0 Å². The number of carbonyl (C=O) groups excluding carboxylic acids is 1. The van der Waals surface area contributed by atoms with E-state index in [4.69, 9.17) is 14.6 Å². The van der Waals surface area contributed by atoms with Gasteiger partial charge >= 0.3 is 5.97 Å². The van der Waals surface area contributed by atoms with E-state index in [1.54, 1.807) is 6.07 Å². The monoisotopic (exact) mass is 246 g/mol. The summed E-state index contributed by atoms with van der Waals surface area (Å²) < 4.78 is 4.98. The molecule has 94 valence electrons. The quantitative estimate of drug-likeness (QED) is 0.620. The number of hydrogen-bond donors (Lipinski definition) is 1. The predicted molar refractivity (Wildman–Crippen MR) is 68.6 cm³/mol. The third kappa shape index (κ3) is 4.65. The summed E-state index contributed by atoms with van der Waals surface area (Å²) in [5, 5.41) is 9.63. The van der Waals surface area contributed by atoms with Gasteiger partial charge in [-0.25, -0.2) is 0 Å². The Bertz CT molecular complexity index is 556. The Labute approximate surface area is 105 Å². The van der Waals surface area contributed by atoms with E-state index in [0.717, 1.165) is 17.7 Å². The zero-order chi connectivity index (χ0) is 13.5. The third-order valence-electron chi connectivity index (χ3n) is 1.98. The number of rotatable bonds is 1. The lowest BCUT2D eigenvalue weighted by atomic mass is 10.1. The molecule has 4 nitrogen and oxygen atoms in total. The molecule has 0 unspecified atom stereocenters. The van der Waals surface area contributed by atoms with E-state index in [9.17, 15) is 4.79 Å². The maximum absolute atomic E-state index is 10.7. The number of carboxylic acids is 1. The third-order valence-corrected chi connectivity index (χ3v) is 1.98. The first-order valence-electron chi connectivity index (χ1n) is 5.36. The van der Waals surface area contributed by atoms with Gasteiger partial charge in [0.2, 0.25) is 0 Å². The molecule has 0 atom stereocenters. The predicted octanol–water partition coefficient (Wildman–Crippen LogP) is 2.86. The lowest BCUT2D eigenvalue weighted by Gasteiger charge is -2.02. The largest absolute Gasteiger partial charge is 0.481 e. The van der Waals surface area contributed by atoms with Crippen molar-refractivity contribution < 1.29 is 19.4 Å². The lowest BCUT2D eigenvalue weighted by Crippen LogP contribution is -2.00. The number of carbonyl (C=O) groups is 2. The van der Waals surface area contributed by atoms with Gasteiger partial charge in [0.15, 0.2) is 0 Å². The maximum Gasteiger partial charge on any atom is 0.308 e. The standard InChI is InChI=1S/C12H10O2.C2H4O2/c1-9(13)14-12-7-6-10-4-2-3-5-11(10)8-12;1-2(3)4/h2-8H,1H3;1H3,(H,3,4). The molecule has 0 aliphatic heterocycles. The van der Waals surface area contributed by atoms with Crippen LogP contribution in [0.4, 0.5) is 0 Å². The van der Waals surface area contributed by atoms with Crippen molar-refractivity contribution in [1.82, 2.24) is 0 Å².